The monoisotopic (exact) mass is 266 g/mol. The summed E-state index contributed by atoms with van der Waals surface area (Å²) in [7, 11) is 0. The summed E-state index contributed by atoms with van der Waals surface area (Å²) in [4.78, 5) is 10.8. The zero-order valence-corrected chi connectivity index (χ0v) is 11.6. The van der Waals surface area contributed by atoms with Crippen molar-refractivity contribution in [3.63, 3.8) is 0 Å². The topological polar surface area (TPSA) is 74.5 Å². The standard InChI is InChI=1S/C15H16N5/c1-11(2)7-12-3-5-13(6-4-12)8-14-9-15(19-20-16)18-10-17-14/h3-6,9-10H,7-8H2,1-2H3. The highest BCUT2D eigenvalue weighted by atomic mass is 15.2. The second-order valence-electron chi connectivity index (χ2n) is 4.93. The number of nitrogens with zero attached hydrogens (tertiary/aromatic N) is 5. The molecule has 1 heterocycles. The molecule has 5 nitrogen and oxygen atoms in total. The van der Waals surface area contributed by atoms with E-state index in [1.165, 1.54) is 23.4 Å². The lowest BCUT2D eigenvalue weighted by Crippen LogP contribution is -1.95. The smallest absolute Gasteiger partial charge is 0.130 e. The van der Waals surface area contributed by atoms with Crippen molar-refractivity contribution in [2.75, 3.05) is 0 Å². The highest BCUT2D eigenvalue weighted by molar-refractivity contribution is 5.32. The van der Waals surface area contributed by atoms with Crippen LogP contribution in [0.1, 0.15) is 30.7 Å². The lowest BCUT2D eigenvalue weighted by Gasteiger charge is -2.06. The maximum Gasteiger partial charge on any atom is 0.130 e. The molecule has 0 saturated carbocycles. The molecule has 0 bridgehead atoms. The van der Waals surface area contributed by atoms with E-state index in [1.807, 2.05) is 0 Å². The van der Waals surface area contributed by atoms with Crippen molar-refractivity contribution >= 4 is 5.82 Å². The molecule has 0 saturated heterocycles. The van der Waals surface area contributed by atoms with Gasteiger partial charge in [0.1, 0.15) is 12.1 Å². The molecule has 0 amide bonds. The summed E-state index contributed by atoms with van der Waals surface area (Å²) in [6, 6.07) is 10.2. The Kier molecular flexibility index (Phi) is 4.69. The van der Waals surface area contributed by atoms with Crippen LogP contribution in [0.4, 0.5) is 5.82 Å². The van der Waals surface area contributed by atoms with E-state index in [9.17, 15) is 0 Å². The summed E-state index contributed by atoms with van der Waals surface area (Å²) >= 11 is 0. The molecule has 0 atom stereocenters. The molecule has 0 spiro atoms. The molecule has 20 heavy (non-hydrogen) atoms. The van der Waals surface area contributed by atoms with E-state index in [4.69, 9.17) is 5.53 Å². The molecule has 0 aliphatic rings. The number of aromatic nitrogens is 2. The van der Waals surface area contributed by atoms with Crippen molar-refractivity contribution < 1.29 is 0 Å². The number of azide groups is 1. The number of benzene rings is 1. The Labute approximate surface area is 118 Å². The second-order valence-corrected chi connectivity index (χ2v) is 4.93. The first-order valence-corrected chi connectivity index (χ1v) is 6.40. The van der Waals surface area contributed by atoms with Gasteiger partial charge in [0.15, 0.2) is 0 Å². The van der Waals surface area contributed by atoms with Crippen LogP contribution >= 0.6 is 0 Å². The molecule has 0 aliphatic carbocycles. The van der Waals surface area contributed by atoms with Gasteiger partial charge in [0.2, 0.25) is 0 Å². The third-order valence-electron chi connectivity index (χ3n) is 2.82. The minimum absolute atomic E-state index is 0.352. The molecule has 2 rings (SSSR count). The Bertz CT molecular complexity index is 612. The Morgan fingerprint density at radius 3 is 2.50 bits per heavy atom. The van der Waals surface area contributed by atoms with Gasteiger partial charge in [0.25, 0.3) is 0 Å². The van der Waals surface area contributed by atoms with Crippen molar-refractivity contribution in [2.45, 2.75) is 26.7 Å². The maximum atomic E-state index is 8.40. The Morgan fingerprint density at radius 1 is 1.15 bits per heavy atom. The quantitative estimate of drug-likeness (QED) is 0.463. The average molecular weight is 266 g/mol. The van der Waals surface area contributed by atoms with Crippen LogP contribution in [0.5, 0.6) is 0 Å². The fraction of sp³-hybridized carbons (Fsp3) is 0.267. The van der Waals surface area contributed by atoms with E-state index >= 15 is 0 Å². The largest absolute Gasteiger partial charge is 0.241 e. The van der Waals surface area contributed by atoms with Crippen LogP contribution in [0.3, 0.4) is 0 Å². The van der Waals surface area contributed by atoms with Crippen LogP contribution in [0.25, 0.3) is 10.4 Å². The SMILES string of the molecule is C[C](C)Cc1ccc(Cc2cc(N=[N+]=[N-])ncn2)cc1. The van der Waals surface area contributed by atoms with E-state index < -0.39 is 0 Å². The first kappa shape index (κ1) is 14.0. The Morgan fingerprint density at radius 2 is 1.85 bits per heavy atom. The van der Waals surface area contributed by atoms with E-state index in [0.29, 0.717) is 12.2 Å². The highest BCUT2D eigenvalue weighted by Crippen LogP contribution is 2.15. The fourth-order valence-electron chi connectivity index (χ4n) is 1.98. The van der Waals surface area contributed by atoms with Crippen LogP contribution in [0.15, 0.2) is 41.8 Å². The third kappa shape index (κ3) is 4.07. The molecule has 0 aliphatic heterocycles. The van der Waals surface area contributed by atoms with Gasteiger partial charge in [-0.15, -0.1) is 0 Å². The lowest BCUT2D eigenvalue weighted by atomic mass is 10.0. The van der Waals surface area contributed by atoms with Gasteiger partial charge in [0.05, 0.1) is 0 Å². The molecule has 5 heteroatoms. The molecule has 1 aromatic heterocycles. The van der Waals surface area contributed by atoms with Crippen molar-refractivity contribution in [1.29, 1.82) is 0 Å². The van der Waals surface area contributed by atoms with Crippen molar-refractivity contribution in [2.24, 2.45) is 5.11 Å². The van der Waals surface area contributed by atoms with E-state index in [2.05, 4.69) is 58.1 Å². The summed E-state index contributed by atoms with van der Waals surface area (Å²) < 4.78 is 0. The van der Waals surface area contributed by atoms with Gasteiger partial charge < -0.3 is 0 Å². The molecule has 0 unspecified atom stereocenters. The first-order chi connectivity index (χ1) is 9.67. The molecular weight excluding hydrogens is 250 g/mol. The summed E-state index contributed by atoms with van der Waals surface area (Å²) in [5.41, 5.74) is 11.7. The molecule has 101 valence electrons. The fourth-order valence-corrected chi connectivity index (χ4v) is 1.98. The highest BCUT2D eigenvalue weighted by Gasteiger charge is 2.02. The normalized spacial score (nSPS) is 10.3. The maximum absolute atomic E-state index is 8.40. The molecule has 2 aromatic rings. The van der Waals surface area contributed by atoms with Gasteiger partial charge in [-0.1, -0.05) is 38.1 Å². The molecule has 1 radical (unpaired) electrons. The molecule has 0 N–H and O–H groups in total. The average Bonchev–Trinajstić information content (AvgIpc) is 2.41. The van der Waals surface area contributed by atoms with Gasteiger partial charge >= 0.3 is 0 Å². The third-order valence-corrected chi connectivity index (χ3v) is 2.82. The summed E-state index contributed by atoms with van der Waals surface area (Å²) in [5, 5.41) is 3.48. The van der Waals surface area contributed by atoms with Crippen LogP contribution in [0.2, 0.25) is 0 Å². The zero-order chi connectivity index (χ0) is 14.4. The lowest BCUT2D eigenvalue weighted by molar-refractivity contribution is 0.953. The van der Waals surface area contributed by atoms with E-state index in [0.717, 1.165) is 12.1 Å². The summed E-state index contributed by atoms with van der Waals surface area (Å²) in [6.45, 7) is 4.26. The van der Waals surface area contributed by atoms with Gasteiger partial charge in [0, 0.05) is 17.0 Å². The number of hydrogen-bond acceptors (Lipinski definition) is 3. The predicted octanol–water partition coefficient (Wildman–Crippen LogP) is 4.17. The summed E-state index contributed by atoms with van der Waals surface area (Å²) in [6.07, 6.45) is 3.13. The van der Waals surface area contributed by atoms with Crippen LogP contribution in [-0.2, 0) is 12.8 Å². The minimum Gasteiger partial charge on any atom is -0.241 e. The van der Waals surface area contributed by atoms with Crippen molar-refractivity contribution in [3.8, 4) is 0 Å². The summed E-state index contributed by atoms with van der Waals surface area (Å²) in [5.74, 6) is 1.75. The minimum atomic E-state index is 0.352. The van der Waals surface area contributed by atoms with E-state index in [-0.39, 0.29) is 0 Å². The van der Waals surface area contributed by atoms with Crippen molar-refractivity contribution in [3.05, 3.63) is 69.8 Å². The number of rotatable bonds is 5. The van der Waals surface area contributed by atoms with Crippen LogP contribution in [-0.4, -0.2) is 9.97 Å². The molecular formula is C15H16N5. The van der Waals surface area contributed by atoms with E-state index in [1.54, 1.807) is 6.07 Å². The second kappa shape index (κ2) is 6.68. The van der Waals surface area contributed by atoms with Gasteiger partial charge in [-0.3, -0.25) is 0 Å². The first-order valence-electron chi connectivity index (χ1n) is 6.40. The van der Waals surface area contributed by atoms with Crippen LogP contribution < -0.4 is 0 Å². The molecule has 0 fully saturated rings. The zero-order valence-electron chi connectivity index (χ0n) is 11.6. The van der Waals surface area contributed by atoms with Crippen LogP contribution in [0, 0.1) is 5.92 Å². The van der Waals surface area contributed by atoms with Gasteiger partial charge in [-0.25, -0.2) is 9.97 Å². The van der Waals surface area contributed by atoms with Crippen molar-refractivity contribution in [1.82, 2.24) is 9.97 Å². The number of hydrogen-bond donors (Lipinski definition) is 0. The molecule has 1 aromatic carbocycles. The Balaban J connectivity index is 2.09. The van der Waals surface area contributed by atoms with Gasteiger partial charge in [-0.2, -0.15) is 0 Å². The van der Waals surface area contributed by atoms with Gasteiger partial charge in [-0.05, 0) is 40.2 Å². The Hall–Kier alpha value is -2.39. The predicted molar refractivity (Wildman–Crippen MR) is 78.4 cm³/mol.